The predicted octanol–water partition coefficient (Wildman–Crippen LogP) is 4.34. The Morgan fingerprint density at radius 3 is 1.36 bits per heavy atom. The summed E-state index contributed by atoms with van der Waals surface area (Å²) in [5.74, 6) is 0. The van der Waals surface area contributed by atoms with E-state index in [2.05, 4.69) is 60.8 Å². The lowest BCUT2D eigenvalue weighted by Crippen LogP contribution is -1.65. The van der Waals surface area contributed by atoms with Crippen molar-refractivity contribution in [3.05, 3.63) is 60.8 Å². The fourth-order valence-corrected chi connectivity index (χ4v) is 1.21. The van der Waals surface area contributed by atoms with Gasteiger partial charge in [-0.3, -0.25) is 0 Å². The molecule has 0 bridgehead atoms. The van der Waals surface area contributed by atoms with E-state index in [9.17, 15) is 0 Å². The molecule has 0 heteroatoms. The Labute approximate surface area is 87.0 Å². The molecule has 0 fully saturated rings. The molecule has 0 nitrogen and oxygen atoms in total. The van der Waals surface area contributed by atoms with Crippen molar-refractivity contribution in [1.82, 2.24) is 0 Å². The maximum Gasteiger partial charge on any atom is -0.0166 e. The molecule has 0 aromatic carbocycles. The first-order chi connectivity index (χ1) is 7.00. The standard InChI is InChI=1S/C14H18/c1-2-4-6-8-10-12-14-13-11-9-7-5-3-1/h1-4,7,9-10,12-14H,5-6,8,11H2. The van der Waals surface area contributed by atoms with E-state index in [1.54, 1.807) is 0 Å². The molecule has 0 heterocycles. The summed E-state index contributed by atoms with van der Waals surface area (Å²) in [6, 6.07) is 0. The van der Waals surface area contributed by atoms with Gasteiger partial charge >= 0.3 is 0 Å². The summed E-state index contributed by atoms with van der Waals surface area (Å²) in [6.07, 6.45) is 26.0. The number of allylic oxidation sites excluding steroid dienone is 10. The summed E-state index contributed by atoms with van der Waals surface area (Å²) in [7, 11) is 0. The van der Waals surface area contributed by atoms with Gasteiger partial charge in [0.15, 0.2) is 0 Å². The second-order valence-corrected chi connectivity index (χ2v) is 3.23. The second-order valence-electron chi connectivity index (χ2n) is 3.23. The van der Waals surface area contributed by atoms with E-state index in [4.69, 9.17) is 0 Å². The first-order valence-corrected chi connectivity index (χ1v) is 5.28. The lowest BCUT2D eigenvalue weighted by atomic mass is 10.2. The van der Waals surface area contributed by atoms with Gasteiger partial charge in [-0.15, -0.1) is 0 Å². The molecule has 74 valence electrons. The van der Waals surface area contributed by atoms with E-state index >= 15 is 0 Å². The molecule has 14 heavy (non-hydrogen) atoms. The minimum Gasteiger partial charge on any atom is -0.0844 e. The highest BCUT2D eigenvalue weighted by molar-refractivity contribution is 5.09. The van der Waals surface area contributed by atoms with Crippen molar-refractivity contribution in [1.29, 1.82) is 0 Å². The molecule has 0 N–H and O–H groups in total. The molecule has 1 rings (SSSR count). The van der Waals surface area contributed by atoms with Gasteiger partial charge in [-0.2, -0.15) is 0 Å². The molecular weight excluding hydrogens is 168 g/mol. The number of rotatable bonds is 0. The molecule has 0 spiro atoms. The molecule has 0 aliphatic heterocycles. The molecule has 0 aromatic rings. The predicted molar refractivity (Wildman–Crippen MR) is 64.2 cm³/mol. The molecular formula is C14H18. The smallest absolute Gasteiger partial charge is 0.0166 e. The second kappa shape index (κ2) is 8.31. The topological polar surface area (TPSA) is 0 Å². The Morgan fingerprint density at radius 1 is 0.429 bits per heavy atom. The molecule has 0 amide bonds. The minimum atomic E-state index is 1.04. The summed E-state index contributed by atoms with van der Waals surface area (Å²) in [5.41, 5.74) is 0. The summed E-state index contributed by atoms with van der Waals surface area (Å²) < 4.78 is 0. The maximum atomic E-state index is 2.21. The highest BCUT2D eigenvalue weighted by Crippen LogP contribution is 1.97. The number of hydrogen-bond acceptors (Lipinski definition) is 0. The quantitative estimate of drug-likeness (QED) is 0.494. The van der Waals surface area contributed by atoms with E-state index in [-0.39, 0.29) is 0 Å². The van der Waals surface area contributed by atoms with Crippen molar-refractivity contribution in [2.45, 2.75) is 25.7 Å². The van der Waals surface area contributed by atoms with Gasteiger partial charge in [0, 0.05) is 0 Å². The van der Waals surface area contributed by atoms with Gasteiger partial charge in [0.25, 0.3) is 0 Å². The average Bonchev–Trinajstić information content (AvgIpc) is 2.22. The van der Waals surface area contributed by atoms with Crippen molar-refractivity contribution >= 4 is 0 Å². The van der Waals surface area contributed by atoms with Crippen LogP contribution in [0, 0.1) is 0 Å². The van der Waals surface area contributed by atoms with Crippen molar-refractivity contribution in [3.8, 4) is 0 Å². The molecule has 1 aliphatic carbocycles. The Morgan fingerprint density at radius 2 is 0.857 bits per heavy atom. The Kier molecular flexibility index (Phi) is 6.39. The normalized spacial score (nSPS) is 18.3. The Balaban J connectivity index is 2.45. The SMILES string of the molecule is C1=CCC=CCC=CC=CCCC=C1. The van der Waals surface area contributed by atoms with Crippen LogP contribution in [0.1, 0.15) is 25.7 Å². The molecule has 0 aromatic heterocycles. The van der Waals surface area contributed by atoms with E-state index in [1.807, 2.05) is 0 Å². The van der Waals surface area contributed by atoms with E-state index in [1.165, 1.54) is 0 Å². The van der Waals surface area contributed by atoms with Crippen LogP contribution < -0.4 is 0 Å². The fraction of sp³-hybridized carbons (Fsp3) is 0.286. The van der Waals surface area contributed by atoms with Gasteiger partial charge in [-0.25, -0.2) is 0 Å². The van der Waals surface area contributed by atoms with E-state index in [0.717, 1.165) is 25.7 Å². The lowest BCUT2D eigenvalue weighted by Gasteiger charge is -1.86. The summed E-state index contributed by atoms with van der Waals surface area (Å²) in [5, 5.41) is 0. The van der Waals surface area contributed by atoms with Crippen molar-refractivity contribution in [2.24, 2.45) is 0 Å². The van der Waals surface area contributed by atoms with Crippen LogP contribution in [-0.2, 0) is 0 Å². The van der Waals surface area contributed by atoms with E-state index < -0.39 is 0 Å². The third kappa shape index (κ3) is 6.24. The van der Waals surface area contributed by atoms with Crippen LogP contribution in [0.25, 0.3) is 0 Å². The van der Waals surface area contributed by atoms with Gasteiger partial charge in [0.05, 0.1) is 0 Å². The summed E-state index contributed by atoms with van der Waals surface area (Å²) in [6.45, 7) is 0. The Hall–Kier alpha value is -1.30. The van der Waals surface area contributed by atoms with Crippen LogP contribution >= 0.6 is 0 Å². The van der Waals surface area contributed by atoms with Gasteiger partial charge < -0.3 is 0 Å². The maximum absolute atomic E-state index is 2.21. The van der Waals surface area contributed by atoms with Crippen LogP contribution in [0.3, 0.4) is 0 Å². The molecule has 0 radical (unpaired) electrons. The molecule has 1 aliphatic rings. The van der Waals surface area contributed by atoms with Gasteiger partial charge in [0.1, 0.15) is 0 Å². The zero-order valence-corrected chi connectivity index (χ0v) is 8.60. The molecule has 0 unspecified atom stereocenters. The highest BCUT2D eigenvalue weighted by atomic mass is 13.8. The first kappa shape index (κ1) is 10.8. The molecule has 0 saturated heterocycles. The Bertz CT molecular complexity index is 234. The van der Waals surface area contributed by atoms with Crippen LogP contribution in [0.4, 0.5) is 0 Å². The fourth-order valence-electron chi connectivity index (χ4n) is 1.21. The van der Waals surface area contributed by atoms with Crippen LogP contribution in [0.2, 0.25) is 0 Å². The van der Waals surface area contributed by atoms with Crippen molar-refractivity contribution < 1.29 is 0 Å². The number of hydrogen-bond donors (Lipinski definition) is 0. The average molecular weight is 186 g/mol. The molecule has 0 atom stereocenters. The van der Waals surface area contributed by atoms with Crippen LogP contribution in [-0.4, -0.2) is 0 Å². The largest absolute Gasteiger partial charge is 0.0844 e. The summed E-state index contributed by atoms with van der Waals surface area (Å²) >= 11 is 0. The van der Waals surface area contributed by atoms with E-state index in [0.29, 0.717) is 0 Å². The van der Waals surface area contributed by atoms with Crippen LogP contribution in [0.5, 0.6) is 0 Å². The summed E-state index contributed by atoms with van der Waals surface area (Å²) in [4.78, 5) is 0. The highest BCUT2D eigenvalue weighted by Gasteiger charge is 1.76. The first-order valence-electron chi connectivity index (χ1n) is 5.28. The zero-order valence-electron chi connectivity index (χ0n) is 8.60. The lowest BCUT2D eigenvalue weighted by molar-refractivity contribution is 1.05. The van der Waals surface area contributed by atoms with Crippen LogP contribution in [0.15, 0.2) is 60.8 Å². The van der Waals surface area contributed by atoms with Crippen molar-refractivity contribution in [3.63, 3.8) is 0 Å². The minimum absolute atomic E-state index is 1.04. The van der Waals surface area contributed by atoms with Gasteiger partial charge in [-0.1, -0.05) is 60.8 Å². The van der Waals surface area contributed by atoms with Gasteiger partial charge in [0.2, 0.25) is 0 Å². The van der Waals surface area contributed by atoms with Gasteiger partial charge in [-0.05, 0) is 25.7 Å². The zero-order chi connectivity index (χ0) is 9.90. The third-order valence-electron chi connectivity index (χ3n) is 1.98. The monoisotopic (exact) mass is 186 g/mol. The third-order valence-corrected chi connectivity index (χ3v) is 1.98. The van der Waals surface area contributed by atoms with Crippen molar-refractivity contribution in [2.75, 3.05) is 0 Å². The molecule has 0 saturated carbocycles.